The van der Waals surface area contributed by atoms with E-state index in [1.54, 1.807) is 24.3 Å². The Kier molecular flexibility index (Phi) is 2.99. The number of hydrogen-bond donors (Lipinski definition) is 2. The molecule has 3 N–H and O–H groups in total. The third-order valence-electron chi connectivity index (χ3n) is 2.71. The molecular weight excluding hydrogens is 220 g/mol. The van der Waals surface area contributed by atoms with Gasteiger partial charge in [-0.3, -0.25) is 14.5 Å². The summed E-state index contributed by atoms with van der Waals surface area (Å²) in [5, 5.41) is 8.85. The normalized spacial score (nSPS) is 14.4. The molecule has 17 heavy (non-hydrogen) atoms. The van der Waals surface area contributed by atoms with Crippen molar-refractivity contribution in [2.45, 2.75) is 12.8 Å². The number of nitrogens with zero attached hydrogens (tertiary/aromatic N) is 1. The maximum Gasteiger partial charge on any atom is 0.323 e. The first-order chi connectivity index (χ1) is 8.09. The van der Waals surface area contributed by atoms with Gasteiger partial charge in [-0.05, 0) is 25.0 Å². The van der Waals surface area contributed by atoms with Crippen molar-refractivity contribution in [2.24, 2.45) is 5.92 Å². The van der Waals surface area contributed by atoms with Crippen LogP contribution in [-0.2, 0) is 9.59 Å². The van der Waals surface area contributed by atoms with Crippen LogP contribution in [0.25, 0.3) is 0 Å². The molecule has 0 heterocycles. The van der Waals surface area contributed by atoms with Crippen LogP contribution < -0.4 is 10.6 Å². The van der Waals surface area contributed by atoms with Crippen LogP contribution in [-0.4, -0.2) is 23.5 Å². The van der Waals surface area contributed by atoms with Crippen molar-refractivity contribution in [2.75, 3.05) is 17.2 Å². The predicted octanol–water partition coefficient (Wildman–Crippen LogP) is 1.10. The lowest BCUT2D eigenvalue weighted by atomic mass is 10.2. The highest BCUT2D eigenvalue weighted by Gasteiger charge is 2.35. The highest BCUT2D eigenvalue weighted by molar-refractivity contribution is 6.01. The Bertz CT molecular complexity index is 455. The van der Waals surface area contributed by atoms with Crippen molar-refractivity contribution >= 4 is 23.3 Å². The van der Waals surface area contributed by atoms with E-state index in [2.05, 4.69) is 0 Å². The second kappa shape index (κ2) is 4.45. The molecule has 0 saturated heterocycles. The fourth-order valence-corrected chi connectivity index (χ4v) is 1.70. The average molecular weight is 234 g/mol. The number of amides is 1. The van der Waals surface area contributed by atoms with Gasteiger partial charge in [0, 0.05) is 5.92 Å². The molecule has 0 unspecified atom stereocenters. The Balaban J connectivity index is 2.28. The first-order valence-electron chi connectivity index (χ1n) is 5.47. The molecule has 1 aliphatic carbocycles. The van der Waals surface area contributed by atoms with E-state index in [-0.39, 0.29) is 18.4 Å². The first kappa shape index (κ1) is 11.4. The average Bonchev–Trinajstić information content (AvgIpc) is 3.09. The minimum atomic E-state index is -1.04. The van der Waals surface area contributed by atoms with E-state index in [4.69, 9.17) is 10.8 Å². The summed E-state index contributed by atoms with van der Waals surface area (Å²) >= 11 is 0. The molecule has 1 amide bonds. The highest BCUT2D eigenvalue weighted by atomic mass is 16.4. The number of carboxylic acids is 1. The van der Waals surface area contributed by atoms with Gasteiger partial charge >= 0.3 is 5.97 Å². The third-order valence-corrected chi connectivity index (χ3v) is 2.71. The second-order valence-electron chi connectivity index (χ2n) is 4.15. The molecule has 90 valence electrons. The Morgan fingerprint density at radius 2 is 2.00 bits per heavy atom. The number of carbonyl (C=O) groups is 2. The van der Waals surface area contributed by atoms with E-state index in [0.29, 0.717) is 11.4 Å². The summed E-state index contributed by atoms with van der Waals surface area (Å²) in [5.74, 6) is -1.22. The molecule has 5 heteroatoms. The van der Waals surface area contributed by atoms with E-state index in [1.165, 1.54) is 4.90 Å². The standard InChI is InChI=1S/C12H14N2O3/c13-9-3-1-2-4-10(9)14(7-11(15)16)12(17)8-5-6-8/h1-4,8H,5-7,13H2,(H,15,16). The van der Waals surface area contributed by atoms with Crippen LogP contribution in [0.3, 0.4) is 0 Å². The number of hydrogen-bond acceptors (Lipinski definition) is 3. The molecule has 0 aliphatic heterocycles. The molecule has 1 aromatic carbocycles. The molecule has 0 atom stereocenters. The number of rotatable bonds is 4. The summed E-state index contributed by atoms with van der Waals surface area (Å²) in [5.41, 5.74) is 6.67. The van der Waals surface area contributed by atoms with E-state index in [0.717, 1.165) is 12.8 Å². The van der Waals surface area contributed by atoms with Crippen molar-refractivity contribution in [3.05, 3.63) is 24.3 Å². The van der Waals surface area contributed by atoms with Crippen molar-refractivity contribution in [3.63, 3.8) is 0 Å². The Morgan fingerprint density at radius 1 is 1.35 bits per heavy atom. The molecule has 1 aromatic rings. The number of nitrogen functional groups attached to an aromatic ring is 1. The summed E-state index contributed by atoms with van der Waals surface area (Å²) in [4.78, 5) is 24.1. The summed E-state index contributed by atoms with van der Waals surface area (Å²) in [6.07, 6.45) is 1.67. The van der Waals surface area contributed by atoms with Crippen molar-refractivity contribution in [3.8, 4) is 0 Å². The molecule has 1 fully saturated rings. The lowest BCUT2D eigenvalue weighted by molar-refractivity contribution is -0.136. The predicted molar refractivity (Wildman–Crippen MR) is 63.6 cm³/mol. The van der Waals surface area contributed by atoms with Crippen LogP contribution in [0.1, 0.15) is 12.8 Å². The van der Waals surface area contributed by atoms with Crippen LogP contribution >= 0.6 is 0 Å². The van der Waals surface area contributed by atoms with E-state index in [9.17, 15) is 9.59 Å². The minimum Gasteiger partial charge on any atom is -0.480 e. The third kappa shape index (κ3) is 2.55. The minimum absolute atomic E-state index is 0.0334. The van der Waals surface area contributed by atoms with E-state index < -0.39 is 5.97 Å². The number of para-hydroxylation sites is 2. The fourth-order valence-electron chi connectivity index (χ4n) is 1.70. The zero-order valence-corrected chi connectivity index (χ0v) is 9.30. The number of aliphatic carboxylic acids is 1. The molecule has 1 saturated carbocycles. The molecular formula is C12H14N2O3. The first-order valence-corrected chi connectivity index (χ1v) is 5.47. The van der Waals surface area contributed by atoms with Gasteiger partial charge in [-0.1, -0.05) is 12.1 Å². The maximum atomic E-state index is 12.0. The number of carbonyl (C=O) groups excluding carboxylic acids is 1. The SMILES string of the molecule is Nc1ccccc1N(CC(=O)O)C(=O)C1CC1. The molecule has 1 aliphatic rings. The van der Waals surface area contributed by atoms with Crippen LogP contribution in [0.4, 0.5) is 11.4 Å². The van der Waals surface area contributed by atoms with Gasteiger partial charge in [0.1, 0.15) is 6.54 Å². The molecule has 5 nitrogen and oxygen atoms in total. The zero-order valence-electron chi connectivity index (χ0n) is 9.30. The lowest BCUT2D eigenvalue weighted by Crippen LogP contribution is -2.37. The molecule has 2 rings (SSSR count). The summed E-state index contributed by atoms with van der Waals surface area (Å²) in [6.45, 7) is -0.344. The van der Waals surface area contributed by atoms with Crippen molar-refractivity contribution in [1.82, 2.24) is 0 Å². The Morgan fingerprint density at radius 3 is 2.53 bits per heavy atom. The molecule has 0 spiro atoms. The van der Waals surface area contributed by atoms with Crippen molar-refractivity contribution in [1.29, 1.82) is 0 Å². The largest absolute Gasteiger partial charge is 0.480 e. The van der Waals surface area contributed by atoms with Crippen molar-refractivity contribution < 1.29 is 14.7 Å². The van der Waals surface area contributed by atoms with Gasteiger partial charge < -0.3 is 10.8 Å². The summed E-state index contributed by atoms with van der Waals surface area (Å²) in [6, 6.07) is 6.81. The fraction of sp³-hybridized carbons (Fsp3) is 0.333. The van der Waals surface area contributed by atoms with Crippen LogP contribution in [0.5, 0.6) is 0 Å². The van der Waals surface area contributed by atoms with Gasteiger partial charge in [-0.15, -0.1) is 0 Å². The number of anilines is 2. The highest BCUT2D eigenvalue weighted by Crippen LogP contribution is 2.34. The summed E-state index contributed by atoms with van der Waals surface area (Å²) in [7, 11) is 0. The summed E-state index contributed by atoms with van der Waals surface area (Å²) < 4.78 is 0. The van der Waals surface area contributed by atoms with Crippen LogP contribution in [0.15, 0.2) is 24.3 Å². The topological polar surface area (TPSA) is 83.6 Å². The van der Waals surface area contributed by atoms with E-state index >= 15 is 0 Å². The molecule has 0 radical (unpaired) electrons. The Labute approximate surface area is 98.8 Å². The number of benzene rings is 1. The smallest absolute Gasteiger partial charge is 0.323 e. The number of carboxylic acid groups (broad SMARTS) is 1. The van der Waals surface area contributed by atoms with Crippen LogP contribution in [0.2, 0.25) is 0 Å². The zero-order chi connectivity index (χ0) is 12.4. The molecule has 0 bridgehead atoms. The van der Waals surface area contributed by atoms with Gasteiger partial charge in [-0.2, -0.15) is 0 Å². The maximum absolute atomic E-state index is 12.0. The Hall–Kier alpha value is -2.04. The number of nitrogens with two attached hydrogens (primary N) is 1. The van der Waals surface area contributed by atoms with Gasteiger partial charge in [0.05, 0.1) is 11.4 Å². The van der Waals surface area contributed by atoms with Crippen LogP contribution in [0, 0.1) is 5.92 Å². The monoisotopic (exact) mass is 234 g/mol. The lowest BCUT2D eigenvalue weighted by Gasteiger charge is -2.22. The van der Waals surface area contributed by atoms with E-state index in [1.807, 2.05) is 0 Å². The van der Waals surface area contributed by atoms with Gasteiger partial charge in [0.15, 0.2) is 0 Å². The quantitative estimate of drug-likeness (QED) is 0.764. The second-order valence-corrected chi connectivity index (χ2v) is 4.15. The van der Waals surface area contributed by atoms with Gasteiger partial charge in [-0.25, -0.2) is 0 Å². The molecule has 0 aromatic heterocycles. The van der Waals surface area contributed by atoms with Gasteiger partial charge in [0.25, 0.3) is 0 Å². The van der Waals surface area contributed by atoms with Gasteiger partial charge in [0.2, 0.25) is 5.91 Å².